The van der Waals surface area contributed by atoms with E-state index in [4.69, 9.17) is 0 Å². The number of phenolic OH excluding ortho intramolecular Hbond substituents is 1. The average molecular weight is 236 g/mol. The molecule has 0 spiro atoms. The van der Waals surface area contributed by atoms with Gasteiger partial charge in [-0.15, -0.1) is 0 Å². The summed E-state index contributed by atoms with van der Waals surface area (Å²) in [7, 11) is 0. The number of hydrogen-bond donors (Lipinski definition) is 1. The molecule has 0 fully saturated rings. The number of hydrogen-bond acceptors (Lipinski definition) is 3. The van der Waals surface area contributed by atoms with Crippen molar-refractivity contribution in [2.45, 2.75) is 6.92 Å². The molecular formula is C15H12N2O. The summed E-state index contributed by atoms with van der Waals surface area (Å²) >= 11 is 0. The highest BCUT2D eigenvalue weighted by molar-refractivity contribution is 5.88. The number of nitrogens with zero attached hydrogens (tertiary/aromatic N) is 2. The van der Waals surface area contributed by atoms with Crippen molar-refractivity contribution in [2.75, 3.05) is 0 Å². The Morgan fingerprint density at radius 1 is 1.00 bits per heavy atom. The summed E-state index contributed by atoms with van der Waals surface area (Å²) in [5, 5.41) is 10.8. The van der Waals surface area contributed by atoms with Crippen LogP contribution in [0.25, 0.3) is 22.0 Å². The molecular weight excluding hydrogens is 224 g/mol. The predicted molar refractivity (Wildman–Crippen MR) is 71.4 cm³/mol. The lowest BCUT2D eigenvalue weighted by Gasteiger charge is -2.06. The number of fused-ring (bicyclic) bond motifs is 1. The van der Waals surface area contributed by atoms with E-state index in [0.717, 1.165) is 16.5 Å². The Hall–Kier alpha value is -2.42. The van der Waals surface area contributed by atoms with Gasteiger partial charge in [-0.25, -0.2) is 9.97 Å². The van der Waals surface area contributed by atoms with Gasteiger partial charge in [0.2, 0.25) is 0 Å². The molecule has 0 unspecified atom stereocenters. The Morgan fingerprint density at radius 2 is 1.78 bits per heavy atom. The van der Waals surface area contributed by atoms with E-state index in [-0.39, 0.29) is 5.75 Å². The number of aromatic hydroxyl groups is 1. The van der Waals surface area contributed by atoms with Crippen LogP contribution in [-0.2, 0) is 0 Å². The van der Waals surface area contributed by atoms with E-state index in [1.807, 2.05) is 18.2 Å². The Morgan fingerprint density at radius 3 is 2.56 bits per heavy atom. The first-order valence-corrected chi connectivity index (χ1v) is 5.74. The normalized spacial score (nSPS) is 10.7. The third-order valence-electron chi connectivity index (χ3n) is 2.97. The molecule has 0 aliphatic heterocycles. The van der Waals surface area contributed by atoms with Gasteiger partial charge in [0, 0.05) is 11.6 Å². The van der Waals surface area contributed by atoms with Crippen molar-refractivity contribution in [3.63, 3.8) is 0 Å². The largest absolute Gasteiger partial charge is 0.506 e. The summed E-state index contributed by atoms with van der Waals surface area (Å²) in [5.41, 5.74) is 3.84. The number of phenols is 1. The van der Waals surface area contributed by atoms with Crippen LogP contribution in [0, 0.1) is 6.92 Å². The fraction of sp³-hybridized carbons (Fsp3) is 0.0667. The van der Waals surface area contributed by atoms with Gasteiger partial charge in [-0.2, -0.15) is 0 Å². The highest BCUT2D eigenvalue weighted by Crippen LogP contribution is 2.30. The summed E-state index contributed by atoms with van der Waals surface area (Å²) in [5.74, 6) is 0.186. The first kappa shape index (κ1) is 10.7. The van der Waals surface area contributed by atoms with E-state index in [1.54, 1.807) is 12.3 Å². The zero-order chi connectivity index (χ0) is 12.5. The van der Waals surface area contributed by atoms with Crippen LogP contribution in [0.2, 0.25) is 0 Å². The van der Waals surface area contributed by atoms with Crippen molar-refractivity contribution in [2.24, 2.45) is 0 Å². The number of aromatic nitrogens is 2. The van der Waals surface area contributed by atoms with Crippen molar-refractivity contribution in [3.05, 3.63) is 54.5 Å². The third kappa shape index (κ3) is 1.80. The second-order valence-electron chi connectivity index (χ2n) is 4.32. The highest BCUT2D eigenvalue weighted by atomic mass is 16.3. The molecule has 2 aromatic carbocycles. The topological polar surface area (TPSA) is 46.0 Å². The number of aryl methyl sites for hydroxylation is 1. The Kier molecular flexibility index (Phi) is 2.45. The molecule has 1 aromatic heterocycles. The van der Waals surface area contributed by atoms with Gasteiger partial charge in [0.1, 0.15) is 17.6 Å². The van der Waals surface area contributed by atoms with Gasteiger partial charge in [-0.1, -0.05) is 29.8 Å². The molecule has 18 heavy (non-hydrogen) atoms. The minimum atomic E-state index is 0.186. The summed E-state index contributed by atoms with van der Waals surface area (Å²) in [6.07, 6.45) is 3.15. The Balaban J connectivity index is 2.21. The predicted octanol–water partition coefficient (Wildman–Crippen LogP) is 3.31. The van der Waals surface area contributed by atoms with Crippen molar-refractivity contribution in [1.82, 2.24) is 9.97 Å². The number of benzene rings is 2. The SMILES string of the molecule is Cc1ccc(-c2cc(O)c3ncncc3c2)cc1. The van der Waals surface area contributed by atoms with Crippen molar-refractivity contribution in [3.8, 4) is 16.9 Å². The Labute approximate surface area is 105 Å². The quantitative estimate of drug-likeness (QED) is 0.705. The lowest BCUT2D eigenvalue weighted by molar-refractivity contribution is 0.480. The monoisotopic (exact) mass is 236 g/mol. The average Bonchev–Trinajstić information content (AvgIpc) is 2.39. The second kappa shape index (κ2) is 4.11. The summed E-state index contributed by atoms with van der Waals surface area (Å²) in [4.78, 5) is 8.05. The molecule has 3 nitrogen and oxygen atoms in total. The molecule has 0 amide bonds. The zero-order valence-corrected chi connectivity index (χ0v) is 9.96. The van der Waals surface area contributed by atoms with E-state index in [1.165, 1.54) is 11.9 Å². The fourth-order valence-electron chi connectivity index (χ4n) is 2.00. The van der Waals surface area contributed by atoms with Crippen molar-refractivity contribution >= 4 is 10.9 Å². The first-order valence-electron chi connectivity index (χ1n) is 5.74. The van der Waals surface area contributed by atoms with Crippen LogP contribution in [0.4, 0.5) is 0 Å². The van der Waals surface area contributed by atoms with Gasteiger partial charge in [0.25, 0.3) is 0 Å². The van der Waals surface area contributed by atoms with Crippen LogP contribution in [0.1, 0.15) is 5.56 Å². The molecule has 0 saturated carbocycles. The fourth-order valence-corrected chi connectivity index (χ4v) is 2.00. The molecule has 0 saturated heterocycles. The molecule has 1 N–H and O–H groups in total. The molecule has 3 heteroatoms. The maximum atomic E-state index is 9.98. The number of rotatable bonds is 1. The van der Waals surface area contributed by atoms with Crippen LogP contribution < -0.4 is 0 Å². The van der Waals surface area contributed by atoms with Gasteiger partial charge in [-0.05, 0) is 30.2 Å². The first-order chi connectivity index (χ1) is 8.74. The Bertz CT molecular complexity index is 705. The zero-order valence-electron chi connectivity index (χ0n) is 9.96. The smallest absolute Gasteiger partial charge is 0.142 e. The van der Waals surface area contributed by atoms with E-state index in [0.29, 0.717) is 5.52 Å². The standard InChI is InChI=1S/C15H12N2O/c1-10-2-4-11(5-3-10)12-6-13-8-16-9-17-15(13)14(18)7-12/h2-9,18H,1H3. The molecule has 0 aliphatic rings. The molecule has 1 heterocycles. The van der Waals surface area contributed by atoms with Gasteiger partial charge < -0.3 is 5.11 Å². The van der Waals surface area contributed by atoms with E-state index in [2.05, 4.69) is 29.0 Å². The van der Waals surface area contributed by atoms with E-state index >= 15 is 0 Å². The maximum Gasteiger partial charge on any atom is 0.142 e. The van der Waals surface area contributed by atoms with Crippen LogP contribution >= 0.6 is 0 Å². The summed E-state index contributed by atoms with van der Waals surface area (Å²) in [6.45, 7) is 2.05. The van der Waals surface area contributed by atoms with Crippen LogP contribution in [0.15, 0.2) is 48.9 Å². The maximum absolute atomic E-state index is 9.98. The van der Waals surface area contributed by atoms with Gasteiger partial charge in [0.15, 0.2) is 0 Å². The van der Waals surface area contributed by atoms with Crippen LogP contribution in [0.3, 0.4) is 0 Å². The summed E-state index contributed by atoms with van der Waals surface area (Å²) in [6, 6.07) is 11.9. The van der Waals surface area contributed by atoms with Gasteiger partial charge in [-0.3, -0.25) is 0 Å². The van der Waals surface area contributed by atoms with Crippen LogP contribution in [0.5, 0.6) is 5.75 Å². The lowest BCUT2D eigenvalue weighted by atomic mass is 10.0. The lowest BCUT2D eigenvalue weighted by Crippen LogP contribution is -1.84. The molecule has 0 radical (unpaired) electrons. The van der Waals surface area contributed by atoms with Crippen LogP contribution in [-0.4, -0.2) is 15.1 Å². The second-order valence-corrected chi connectivity index (χ2v) is 4.32. The van der Waals surface area contributed by atoms with Gasteiger partial charge >= 0.3 is 0 Å². The molecule has 0 aliphatic carbocycles. The minimum absolute atomic E-state index is 0.186. The molecule has 0 atom stereocenters. The molecule has 0 bridgehead atoms. The minimum Gasteiger partial charge on any atom is -0.506 e. The highest BCUT2D eigenvalue weighted by Gasteiger charge is 2.05. The molecule has 3 rings (SSSR count). The molecule has 88 valence electrons. The van der Waals surface area contributed by atoms with E-state index in [9.17, 15) is 5.11 Å². The van der Waals surface area contributed by atoms with Crippen molar-refractivity contribution < 1.29 is 5.11 Å². The van der Waals surface area contributed by atoms with E-state index < -0.39 is 0 Å². The third-order valence-corrected chi connectivity index (χ3v) is 2.97. The van der Waals surface area contributed by atoms with Gasteiger partial charge in [0.05, 0.1) is 0 Å². The molecule has 3 aromatic rings. The summed E-state index contributed by atoms with van der Waals surface area (Å²) < 4.78 is 0. The van der Waals surface area contributed by atoms with Crippen molar-refractivity contribution in [1.29, 1.82) is 0 Å².